The highest BCUT2D eigenvalue weighted by atomic mass is 127. The summed E-state index contributed by atoms with van der Waals surface area (Å²) in [6.45, 7) is 9.45. The van der Waals surface area contributed by atoms with Crippen molar-refractivity contribution in [3.63, 3.8) is 0 Å². The van der Waals surface area contributed by atoms with Gasteiger partial charge in [-0.2, -0.15) is 5.01 Å². The van der Waals surface area contributed by atoms with Crippen LogP contribution in [0.3, 0.4) is 0 Å². The molecule has 5 aromatic carbocycles. The van der Waals surface area contributed by atoms with Crippen molar-refractivity contribution in [2.75, 3.05) is 37.2 Å². The van der Waals surface area contributed by atoms with Gasteiger partial charge in [-0.05, 0) is 55.5 Å². The highest BCUT2D eigenvalue weighted by Gasteiger charge is 2.49. The van der Waals surface area contributed by atoms with Crippen LogP contribution >= 0.6 is 35.7 Å². The highest BCUT2D eigenvalue weighted by molar-refractivity contribution is 14.0. The quantitative estimate of drug-likeness (QED) is 0.0578. The number of nitrogens with zero attached hydrogens (tertiary/aromatic N) is 3. The van der Waals surface area contributed by atoms with Crippen molar-refractivity contribution >= 4 is 52.8 Å². The Morgan fingerprint density at radius 2 is 1.11 bits per heavy atom. The first-order chi connectivity index (χ1) is 25.8. The molecule has 7 nitrogen and oxygen atoms in total. The molecule has 286 valence electrons. The Morgan fingerprint density at radius 3 is 1.54 bits per heavy atom. The third-order valence-corrected chi connectivity index (χ3v) is 11.3. The zero-order valence-corrected chi connectivity index (χ0v) is 35.4. The van der Waals surface area contributed by atoms with E-state index in [1.54, 1.807) is 44.8 Å². The molecular formula is C45H54IN3O4S. The van der Waals surface area contributed by atoms with Gasteiger partial charge in [0.2, 0.25) is 0 Å². The topological polar surface area (TPSA) is 68.6 Å². The summed E-state index contributed by atoms with van der Waals surface area (Å²) in [5, 5.41) is 26.8. The molecule has 2 N–H and O–H groups in total. The van der Waals surface area contributed by atoms with Crippen LogP contribution in [0.4, 0.5) is 17.1 Å². The molecule has 54 heavy (non-hydrogen) atoms. The fraction of sp³-hybridized carbons (Fsp3) is 0.333. The van der Waals surface area contributed by atoms with Crippen LogP contribution in [0.15, 0.2) is 125 Å². The normalized spacial score (nSPS) is 13.4. The number of benzene rings is 5. The number of methoxy groups -OCH3 is 2. The zero-order chi connectivity index (χ0) is 37.5. The molecule has 0 radical (unpaired) electrons. The second-order valence-corrected chi connectivity index (χ2v) is 14.6. The summed E-state index contributed by atoms with van der Waals surface area (Å²) in [5.41, 5.74) is 5.92. The van der Waals surface area contributed by atoms with Gasteiger partial charge in [-0.1, -0.05) is 142 Å². The van der Waals surface area contributed by atoms with Gasteiger partial charge in [-0.15, -0.1) is 24.0 Å². The van der Waals surface area contributed by atoms with E-state index >= 15 is 0 Å². The SMILES string of the molecule is CCCCN(CCCC)c1c2c(c(OC)c(OC)c1C(c1ccccc1)(c1ccccc1)c1ccccc1)Sc1ccccc1N2N(C(C)O)C(C)O.I. The molecule has 9 heteroatoms. The van der Waals surface area contributed by atoms with Crippen molar-refractivity contribution in [1.82, 2.24) is 5.01 Å². The van der Waals surface area contributed by atoms with E-state index in [4.69, 9.17) is 9.47 Å². The van der Waals surface area contributed by atoms with E-state index in [-0.39, 0.29) is 24.0 Å². The number of aliphatic hydroxyl groups is 2. The van der Waals surface area contributed by atoms with E-state index in [2.05, 4.69) is 122 Å². The molecule has 0 aliphatic carbocycles. The van der Waals surface area contributed by atoms with E-state index in [0.29, 0.717) is 11.5 Å². The van der Waals surface area contributed by atoms with Gasteiger partial charge in [0.05, 0.1) is 41.6 Å². The van der Waals surface area contributed by atoms with E-state index in [1.165, 1.54) is 0 Å². The summed E-state index contributed by atoms with van der Waals surface area (Å²) in [6.07, 6.45) is 1.91. The van der Waals surface area contributed by atoms with Crippen LogP contribution in [0.5, 0.6) is 11.5 Å². The molecule has 0 spiro atoms. The van der Waals surface area contributed by atoms with E-state index in [1.807, 2.05) is 17.1 Å². The standard InChI is InChI=1S/C45H53N3O4S.HI/c1-7-9-30-46(31-10-8-2)40-39(45(34-22-14-11-15-23-34,35-24-16-12-17-25-35)36-26-18-13-19-27-36)42(51-5)43(52-6)44-41(40)48(47(32(3)49)33(4)50)37-28-20-21-29-38(37)53-44;/h11-29,32-33,49-50H,7-10,30-31H2,1-6H3;1H. The minimum absolute atomic E-state index is 0. The maximum Gasteiger partial charge on any atom is 0.177 e. The molecule has 2 unspecified atom stereocenters. The first-order valence-electron chi connectivity index (χ1n) is 18.8. The number of hydrogen-bond donors (Lipinski definition) is 2. The number of ether oxygens (including phenoxy) is 2. The molecule has 1 aliphatic rings. The predicted molar refractivity (Wildman–Crippen MR) is 233 cm³/mol. The fourth-order valence-electron chi connectivity index (χ4n) is 7.85. The fourth-order valence-corrected chi connectivity index (χ4v) is 9.02. The number of anilines is 3. The summed E-state index contributed by atoms with van der Waals surface area (Å²) in [5.74, 6) is 1.24. The number of unbranched alkanes of at least 4 members (excludes halogenated alkanes) is 2. The third-order valence-electron chi connectivity index (χ3n) is 10.1. The number of hydrogen-bond acceptors (Lipinski definition) is 8. The van der Waals surface area contributed by atoms with Crippen molar-refractivity contribution < 1.29 is 19.7 Å². The highest BCUT2D eigenvalue weighted by Crippen LogP contribution is 2.64. The van der Waals surface area contributed by atoms with Gasteiger partial charge in [0.25, 0.3) is 0 Å². The van der Waals surface area contributed by atoms with E-state index in [9.17, 15) is 10.2 Å². The lowest BCUT2D eigenvalue weighted by molar-refractivity contribution is -0.0848. The lowest BCUT2D eigenvalue weighted by atomic mass is 9.64. The molecule has 0 bridgehead atoms. The number of rotatable bonds is 16. The van der Waals surface area contributed by atoms with Crippen LogP contribution in [0.25, 0.3) is 0 Å². The zero-order valence-electron chi connectivity index (χ0n) is 32.2. The summed E-state index contributed by atoms with van der Waals surface area (Å²) in [6, 6.07) is 40.2. The maximum absolute atomic E-state index is 11.5. The second kappa shape index (κ2) is 18.7. The largest absolute Gasteiger partial charge is 0.492 e. The van der Waals surface area contributed by atoms with Gasteiger partial charge in [-0.3, -0.25) is 5.01 Å². The number of halogens is 1. The summed E-state index contributed by atoms with van der Waals surface area (Å²) in [4.78, 5) is 4.35. The number of fused-ring (bicyclic) bond motifs is 2. The molecule has 0 fully saturated rings. The minimum atomic E-state index is -1.04. The average molecular weight is 860 g/mol. The van der Waals surface area contributed by atoms with Gasteiger partial charge >= 0.3 is 0 Å². The van der Waals surface area contributed by atoms with Crippen LogP contribution < -0.4 is 19.4 Å². The number of aliphatic hydroxyl groups excluding tert-OH is 2. The molecular weight excluding hydrogens is 805 g/mol. The smallest absolute Gasteiger partial charge is 0.177 e. The van der Waals surface area contributed by atoms with Gasteiger partial charge in [0, 0.05) is 23.5 Å². The second-order valence-electron chi connectivity index (χ2n) is 13.5. The van der Waals surface area contributed by atoms with Crippen molar-refractivity contribution in [3.05, 3.63) is 138 Å². The molecule has 1 heterocycles. The van der Waals surface area contributed by atoms with Crippen LogP contribution in [-0.4, -0.2) is 55.0 Å². The lowest BCUT2D eigenvalue weighted by Crippen LogP contribution is -2.52. The van der Waals surface area contributed by atoms with Crippen molar-refractivity contribution in [1.29, 1.82) is 0 Å². The van der Waals surface area contributed by atoms with Crippen LogP contribution in [-0.2, 0) is 5.41 Å². The molecule has 0 saturated carbocycles. The van der Waals surface area contributed by atoms with Crippen LogP contribution in [0.2, 0.25) is 0 Å². The molecule has 5 aromatic rings. The first-order valence-corrected chi connectivity index (χ1v) is 19.6. The third kappa shape index (κ3) is 7.58. The Bertz CT molecular complexity index is 1830. The molecule has 2 atom stereocenters. The van der Waals surface area contributed by atoms with Gasteiger partial charge < -0.3 is 24.6 Å². The molecule has 1 aliphatic heterocycles. The molecule has 6 rings (SSSR count). The van der Waals surface area contributed by atoms with Crippen molar-refractivity contribution in [2.45, 2.75) is 81.0 Å². The predicted octanol–water partition coefficient (Wildman–Crippen LogP) is 10.6. The number of hydrazine groups is 1. The Morgan fingerprint density at radius 1 is 0.667 bits per heavy atom. The Labute approximate surface area is 342 Å². The minimum Gasteiger partial charge on any atom is -0.492 e. The summed E-state index contributed by atoms with van der Waals surface area (Å²) in [7, 11) is 3.44. The van der Waals surface area contributed by atoms with Gasteiger partial charge in [0.15, 0.2) is 11.5 Å². The van der Waals surface area contributed by atoms with Crippen LogP contribution in [0, 0.1) is 0 Å². The van der Waals surface area contributed by atoms with Crippen molar-refractivity contribution in [3.8, 4) is 11.5 Å². The van der Waals surface area contributed by atoms with Crippen molar-refractivity contribution in [2.24, 2.45) is 0 Å². The Kier molecular flexibility index (Phi) is 14.4. The monoisotopic (exact) mass is 859 g/mol. The van der Waals surface area contributed by atoms with Crippen LogP contribution in [0.1, 0.15) is 75.6 Å². The average Bonchev–Trinajstić information content (AvgIpc) is 3.19. The summed E-state index contributed by atoms with van der Waals surface area (Å²) < 4.78 is 13.2. The van der Waals surface area contributed by atoms with E-state index < -0.39 is 17.9 Å². The lowest BCUT2D eigenvalue weighted by Gasteiger charge is -2.48. The number of para-hydroxylation sites is 1. The Balaban J connectivity index is 0.00000561. The Hall–Kier alpha value is -3.74. The molecule has 0 amide bonds. The van der Waals surface area contributed by atoms with Gasteiger partial charge in [-0.25, -0.2) is 0 Å². The molecule has 0 aromatic heterocycles. The molecule has 0 saturated heterocycles. The maximum atomic E-state index is 11.5. The van der Waals surface area contributed by atoms with E-state index in [0.717, 1.165) is 87.9 Å². The first kappa shape index (κ1) is 41.4. The summed E-state index contributed by atoms with van der Waals surface area (Å²) >= 11 is 1.63. The van der Waals surface area contributed by atoms with Gasteiger partial charge in [0.1, 0.15) is 12.5 Å².